The monoisotopic (exact) mass is 307 g/mol. The Morgan fingerprint density at radius 1 is 1.45 bits per heavy atom. The molecule has 0 spiro atoms. The van der Waals surface area contributed by atoms with Gasteiger partial charge in [-0.1, -0.05) is 0 Å². The predicted octanol–water partition coefficient (Wildman–Crippen LogP) is 0.717. The van der Waals surface area contributed by atoms with Gasteiger partial charge in [-0.3, -0.25) is 4.79 Å². The number of rotatable bonds is 5. The van der Waals surface area contributed by atoms with Crippen LogP contribution in [0.1, 0.15) is 5.56 Å². The van der Waals surface area contributed by atoms with Crippen molar-refractivity contribution in [2.45, 2.75) is 0 Å². The summed E-state index contributed by atoms with van der Waals surface area (Å²) in [5.41, 5.74) is 2.91. The zero-order chi connectivity index (χ0) is 16.0. The van der Waals surface area contributed by atoms with Crippen molar-refractivity contribution < 1.29 is 19.1 Å². The van der Waals surface area contributed by atoms with Crippen LogP contribution in [0.25, 0.3) is 0 Å². The second-order valence-electron chi connectivity index (χ2n) is 5.46. The van der Waals surface area contributed by atoms with Gasteiger partial charge in [0, 0.05) is 5.56 Å². The fourth-order valence-electron chi connectivity index (χ4n) is 2.20. The summed E-state index contributed by atoms with van der Waals surface area (Å²) in [6.45, 7) is 3.16. The largest absolute Gasteiger partial charge is 0.507 e. The Bertz CT molecular complexity index is 582. The van der Waals surface area contributed by atoms with Crippen LogP contribution in [0.4, 0.5) is 5.69 Å². The first-order valence-corrected chi connectivity index (χ1v) is 6.92. The molecule has 0 atom stereocenters. The number of quaternary nitrogens is 1. The molecule has 1 aromatic rings. The summed E-state index contributed by atoms with van der Waals surface area (Å²) >= 11 is 0. The third-order valence-electron chi connectivity index (χ3n) is 3.59. The lowest BCUT2D eigenvalue weighted by molar-refractivity contribution is -0.909. The van der Waals surface area contributed by atoms with E-state index < -0.39 is 0 Å². The zero-order valence-corrected chi connectivity index (χ0v) is 12.4. The number of nitrogens with one attached hydrogen (secondary N) is 1. The van der Waals surface area contributed by atoms with Crippen molar-refractivity contribution in [2.24, 2.45) is 10.3 Å². The Kier molecular flexibility index (Phi) is 5.18. The maximum Gasteiger partial charge on any atom is 0.295 e. The number of phenolic OH excluding ortho intramolecular Hbond substituents is 1. The van der Waals surface area contributed by atoms with Gasteiger partial charge in [0.1, 0.15) is 24.5 Å². The summed E-state index contributed by atoms with van der Waals surface area (Å²) in [6, 6.07) is 4.12. The molecule has 8 nitrogen and oxygen atoms in total. The molecule has 0 saturated carbocycles. The van der Waals surface area contributed by atoms with Gasteiger partial charge >= 0.3 is 0 Å². The summed E-state index contributed by atoms with van der Waals surface area (Å²) in [5, 5.41) is 16.2. The van der Waals surface area contributed by atoms with Crippen LogP contribution in [0.15, 0.2) is 28.5 Å². The van der Waals surface area contributed by atoms with Crippen molar-refractivity contribution >= 4 is 17.8 Å². The SMILES string of the molecule is C[N+]1(CC(=O)N/N=C/c2cc(N=O)ccc2O)CCOCC1. The van der Waals surface area contributed by atoms with Crippen LogP contribution >= 0.6 is 0 Å². The highest BCUT2D eigenvalue weighted by atomic mass is 16.5. The van der Waals surface area contributed by atoms with Crippen molar-refractivity contribution in [3.63, 3.8) is 0 Å². The lowest BCUT2D eigenvalue weighted by atomic mass is 10.2. The standard InChI is InChI=1S/C14H18N4O4/c1-18(4-6-22-7-5-18)10-14(20)16-15-9-11-8-12(17-21)2-3-13(11)19/h2-3,8-9H,4-7,10H2,1H3,(H-,15,16,17,19,20,21)/p+1. The van der Waals surface area contributed by atoms with Gasteiger partial charge < -0.3 is 14.3 Å². The first-order chi connectivity index (χ1) is 10.5. The van der Waals surface area contributed by atoms with E-state index in [4.69, 9.17) is 4.74 Å². The van der Waals surface area contributed by atoms with E-state index in [-0.39, 0.29) is 17.3 Å². The molecule has 1 aliphatic heterocycles. The van der Waals surface area contributed by atoms with Gasteiger partial charge in [0.05, 0.1) is 26.5 Å². The third-order valence-corrected chi connectivity index (χ3v) is 3.59. The summed E-state index contributed by atoms with van der Waals surface area (Å²) in [5.74, 6) is -0.262. The summed E-state index contributed by atoms with van der Waals surface area (Å²) < 4.78 is 5.89. The van der Waals surface area contributed by atoms with Crippen LogP contribution in [0.2, 0.25) is 0 Å². The van der Waals surface area contributed by atoms with Gasteiger partial charge in [-0.15, -0.1) is 4.91 Å². The first kappa shape index (κ1) is 16.1. The molecule has 1 aliphatic rings. The number of hydrogen-bond donors (Lipinski definition) is 2. The number of likely N-dealkylation sites (N-methyl/N-ethyl adjacent to an activating group) is 1. The van der Waals surface area contributed by atoms with E-state index in [1.807, 2.05) is 7.05 Å². The lowest BCUT2D eigenvalue weighted by Crippen LogP contribution is -2.55. The molecule has 8 heteroatoms. The summed E-state index contributed by atoms with van der Waals surface area (Å²) in [7, 11) is 2.00. The Balaban J connectivity index is 1.91. The smallest absolute Gasteiger partial charge is 0.295 e. The molecule has 1 amide bonds. The number of aromatic hydroxyl groups is 1. The molecule has 118 valence electrons. The van der Waals surface area contributed by atoms with Gasteiger partial charge in [0.2, 0.25) is 0 Å². The maximum atomic E-state index is 11.9. The van der Waals surface area contributed by atoms with E-state index in [1.165, 1.54) is 24.4 Å². The van der Waals surface area contributed by atoms with Crippen LogP contribution in [-0.2, 0) is 9.53 Å². The van der Waals surface area contributed by atoms with Crippen molar-refractivity contribution in [2.75, 3.05) is 39.9 Å². The first-order valence-electron chi connectivity index (χ1n) is 6.92. The normalized spacial score (nSPS) is 17.3. The molecule has 1 heterocycles. The molecular formula is C14H19N4O4+. The van der Waals surface area contributed by atoms with Gasteiger partial charge in [-0.2, -0.15) is 5.10 Å². The minimum atomic E-state index is -0.218. The summed E-state index contributed by atoms with van der Waals surface area (Å²) in [6.07, 6.45) is 1.28. The minimum Gasteiger partial charge on any atom is -0.507 e. The van der Waals surface area contributed by atoms with Crippen LogP contribution < -0.4 is 5.43 Å². The molecule has 0 bridgehead atoms. The number of nitroso groups, excluding NO2 is 1. The Morgan fingerprint density at radius 3 is 2.86 bits per heavy atom. The van der Waals surface area contributed by atoms with E-state index in [0.717, 1.165) is 13.1 Å². The van der Waals surface area contributed by atoms with E-state index in [9.17, 15) is 14.8 Å². The van der Waals surface area contributed by atoms with Gasteiger partial charge in [-0.05, 0) is 23.4 Å². The Morgan fingerprint density at radius 2 is 2.18 bits per heavy atom. The molecule has 1 aromatic carbocycles. The molecule has 22 heavy (non-hydrogen) atoms. The topological polar surface area (TPSA) is 100 Å². The molecule has 2 N–H and O–H groups in total. The maximum absolute atomic E-state index is 11.9. The van der Waals surface area contributed by atoms with Crippen molar-refractivity contribution in [3.05, 3.63) is 28.7 Å². The van der Waals surface area contributed by atoms with E-state index >= 15 is 0 Å². The molecule has 1 saturated heterocycles. The van der Waals surface area contributed by atoms with E-state index in [0.29, 0.717) is 29.8 Å². The molecule has 2 rings (SSSR count). The molecular weight excluding hydrogens is 288 g/mol. The number of hydrazone groups is 1. The minimum absolute atomic E-state index is 0.0439. The number of amides is 1. The van der Waals surface area contributed by atoms with Crippen molar-refractivity contribution in [3.8, 4) is 5.75 Å². The molecule has 0 aliphatic carbocycles. The molecule has 0 unspecified atom stereocenters. The van der Waals surface area contributed by atoms with E-state index in [2.05, 4.69) is 15.7 Å². The van der Waals surface area contributed by atoms with Crippen molar-refractivity contribution in [1.29, 1.82) is 0 Å². The van der Waals surface area contributed by atoms with Gasteiger partial charge in [-0.25, -0.2) is 5.43 Å². The number of nitrogens with zero attached hydrogens (tertiary/aromatic N) is 3. The number of carbonyl (C=O) groups excluding carboxylic acids is 1. The highest BCUT2D eigenvalue weighted by Gasteiger charge is 2.27. The Labute approximate surface area is 127 Å². The summed E-state index contributed by atoms with van der Waals surface area (Å²) in [4.78, 5) is 22.4. The third kappa shape index (κ3) is 4.34. The zero-order valence-electron chi connectivity index (χ0n) is 12.4. The van der Waals surface area contributed by atoms with Gasteiger partial charge in [0.15, 0.2) is 6.54 Å². The fourth-order valence-corrected chi connectivity index (χ4v) is 2.20. The Hall–Kier alpha value is -2.32. The highest BCUT2D eigenvalue weighted by Crippen LogP contribution is 2.21. The van der Waals surface area contributed by atoms with Crippen molar-refractivity contribution in [1.82, 2.24) is 5.43 Å². The predicted molar refractivity (Wildman–Crippen MR) is 80.9 cm³/mol. The quantitative estimate of drug-likeness (QED) is 0.362. The second-order valence-corrected chi connectivity index (χ2v) is 5.46. The number of ether oxygens (including phenoxy) is 1. The van der Waals surface area contributed by atoms with Crippen LogP contribution in [0.5, 0.6) is 5.75 Å². The number of hydrogen-bond acceptors (Lipinski definition) is 6. The van der Waals surface area contributed by atoms with Gasteiger partial charge in [0.25, 0.3) is 5.91 Å². The molecule has 0 aromatic heterocycles. The van der Waals surface area contributed by atoms with Crippen LogP contribution in [-0.4, -0.2) is 61.6 Å². The van der Waals surface area contributed by atoms with Crippen LogP contribution in [0.3, 0.4) is 0 Å². The average molecular weight is 307 g/mol. The number of morpholine rings is 1. The molecule has 1 fully saturated rings. The number of benzene rings is 1. The molecule has 0 radical (unpaired) electrons. The van der Waals surface area contributed by atoms with E-state index in [1.54, 1.807) is 0 Å². The second kappa shape index (κ2) is 7.10. The average Bonchev–Trinajstić information content (AvgIpc) is 2.49. The fraction of sp³-hybridized carbons (Fsp3) is 0.429. The lowest BCUT2D eigenvalue weighted by Gasteiger charge is -2.36. The van der Waals surface area contributed by atoms with Crippen LogP contribution in [0, 0.1) is 4.91 Å². The highest BCUT2D eigenvalue weighted by molar-refractivity contribution is 5.86. The number of phenols is 1. The number of carbonyl (C=O) groups is 1.